The number of likely N-dealkylation sites (tertiary alicyclic amines) is 1. The second-order valence-electron chi connectivity index (χ2n) is 7.27. The molecule has 1 unspecified atom stereocenters. The van der Waals surface area contributed by atoms with E-state index in [4.69, 9.17) is 4.74 Å². The lowest BCUT2D eigenvalue weighted by Gasteiger charge is -2.35. The first kappa shape index (κ1) is 20.3. The number of nitrogens with zero attached hydrogens (tertiary/aromatic N) is 2. The zero-order valence-corrected chi connectivity index (χ0v) is 17.4. The third-order valence-corrected chi connectivity index (χ3v) is 5.97. The molecule has 2 aromatic heterocycles. The fraction of sp³-hybridized carbons (Fsp3) is 0.318. The van der Waals surface area contributed by atoms with Gasteiger partial charge in [0.15, 0.2) is 11.6 Å². The van der Waals surface area contributed by atoms with E-state index >= 15 is 0 Å². The maximum atomic E-state index is 14.0. The van der Waals surface area contributed by atoms with Crippen LogP contribution in [0.1, 0.15) is 36.7 Å². The number of aromatic nitrogens is 2. The summed E-state index contributed by atoms with van der Waals surface area (Å²) in [6, 6.07) is 7.62. The van der Waals surface area contributed by atoms with Gasteiger partial charge in [-0.3, -0.25) is 9.59 Å². The molecule has 156 valence electrons. The zero-order chi connectivity index (χ0) is 21.1. The van der Waals surface area contributed by atoms with Gasteiger partial charge in [-0.1, -0.05) is 6.07 Å². The van der Waals surface area contributed by atoms with Crippen molar-refractivity contribution in [3.63, 3.8) is 0 Å². The Morgan fingerprint density at radius 2 is 2.20 bits per heavy atom. The molecule has 1 aromatic carbocycles. The van der Waals surface area contributed by atoms with E-state index in [1.807, 2.05) is 16.8 Å². The predicted octanol–water partition coefficient (Wildman–Crippen LogP) is 3.94. The Labute approximate surface area is 177 Å². The molecule has 1 saturated heterocycles. The van der Waals surface area contributed by atoms with Crippen molar-refractivity contribution in [3.8, 4) is 17.0 Å². The number of thiophene rings is 1. The number of carbonyl (C=O) groups excluding carboxylic acids is 1. The van der Waals surface area contributed by atoms with Gasteiger partial charge in [-0.2, -0.15) is 11.3 Å². The maximum absolute atomic E-state index is 14.0. The number of carbonyl (C=O) groups is 1. The first-order valence-electron chi connectivity index (χ1n) is 9.81. The minimum Gasteiger partial charge on any atom is -0.494 e. The molecule has 1 N–H and O–H groups in total. The molecule has 0 aliphatic carbocycles. The molecule has 0 bridgehead atoms. The number of rotatable bonds is 5. The zero-order valence-electron chi connectivity index (χ0n) is 16.6. The van der Waals surface area contributed by atoms with Crippen LogP contribution < -0.4 is 10.3 Å². The van der Waals surface area contributed by atoms with Crippen LogP contribution >= 0.6 is 11.3 Å². The summed E-state index contributed by atoms with van der Waals surface area (Å²) < 4.78 is 18.9. The van der Waals surface area contributed by atoms with E-state index in [9.17, 15) is 14.0 Å². The number of halogens is 1. The van der Waals surface area contributed by atoms with Crippen LogP contribution in [-0.2, 0) is 11.2 Å². The molecular weight excluding hydrogens is 405 g/mol. The molecule has 1 aliphatic heterocycles. The Balaban J connectivity index is 1.59. The van der Waals surface area contributed by atoms with Crippen molar-refractivity contribution < 1.29 is 13.9 Å². The van der Waals surface area contributed by atoms with Gasteiger partial charge in [0.2, 0.25) is 5.91 Å². The Kier molecular flexibility index (Phi) is 5.94. The topological polar surface area (TPSA) is 75.3 Å². The summed E-state index contributed by atoms with van der Waals surface area (Å²) in [5, 5.41) is 3.87. The van der Waals surface area contributed by atoms with Gasteiger partial charge in [-0.15, -0.1) is 0 Å². The first-order valence-corrected chi connectivity index (χ1v) is 10.7. The van der Waals surface area contributed by atoms with Crippen LogP contribution in [0.2, 0.25) is 0 Å². The van der Waals surface area contributed by atoms with Crippen molar-refractivity contribution in [2.75, 3.05) is 13.7 Å². The first-order chi connectivity index (χ1) is 14.5. The van der Waals surface area contributed by atoms with Crippen LogP contribution in [0.25, 0.3) is 11.3 Å². The molecule has 0 radical (unpaired) electrons. The highest BCUT2D eigenvalue weighted by molar-refractivity contribution is 7.08. The molecule has 1 aliphatic rings. The lowest BCUT2D eigenvalue weighted by atomic mass is 9.99. The molecule has 4 rings (SSSR count). The number of ether oxygens (including phenoxy) is 1. The van der Waals surface area contributed by atoms with Crippen LogP contribution in [0.4, 0.5) is 4.39 Å². The average Bonchev–Trinajstić information content (AvgIpc) is 3.28. The maximum Gasteiger partial charge on any atom is 0.251 e. The lowest BCUT2D eigenvalue weighted by Crippen LogP contribution is -2.40. The van der Waals surface area contributed by atoms with Crippen LogP contribution in [0.15, 0.2) is 45.9 Å². The van der Waals surface area contributed by atoms with Gasteiger partial charge in [0.25, 0.3) is 5.56 Å². The van der Waals surface area contributed by atoms with Crippen molar-refractivity contribution in [2.24, 2.45) is 0 Å². The van der Waals surface area contributed by atoms with E-state index < -0.39 is 5.82 Å². The molecule has 3 heterocycles. The van der Waals surface area contributed by atoms with E-state index in [1.54, 1.807) is 11.0 Å². The Hall–Kier alpha value is -3.00. The van der Waals surface area contributed by atoms with E-state index in [1.165, 1.54) is 36.6 Å². The SMILES string of the molecule is COc1ccc(CC(=O)N2CCCCC2c2nc(-c3ccsc3)cc(=O)[nH]2)cc1F. The third kappa shape index (κ3) is 4.28. The van der Waals surface area contributed by atoms with Crippen molar-refractivity contribution in [1.82, 2.24) is 14.9 Å². The van der Waals surface area contributed by atoms with Crippen LogP contribution in [0, 0.1) is 5.82 Å². The third-order valence-electron chi connectivity index (χ3n) is 5.29. The Morgan fingerprint density at radius 3 is 2.93 bits per heavy atom. The number of aromatic amines is 1. The number of piperidine rings is 1. The summed E-state index contributed by atoms with van der Waals surface area (Å²) in [7, 11) is 1.40. The standard InChI is InChI=1S/C22H22FN3O3S/c1-29-19-6-5-14(10-16(19)23)11-21(28)26-8-3-2-4-18(26)22-24-17(12-20(27)25-22)15-7-9-30-13-15/h5-7,9-10,12-13,18H,2-4,8,11H2,1H3,(H,24,25,27). The van der Waals surface area contributed by atoms with Gasteiger partial charge in [0.1, 0.15) is 5.82 Å². The number of amides is 1. The molecule has 1 fully saturated rings. The summed E-state index contributed by atoms with van der Waals surface area (Å²) >= 11 is 1.54. The fourth-order valence-electron chi connectivity index (χ4n) is 3.80. The monoisotopic (exact) mass is 427 g/mol. The van der Waals surface area contributed by atoms with Gasteiger partial charge in [0.05, 0.1) is 25.3 Å². The minimum absolute atomic E-state index is 0.0753. The molecule has 6 nitrogen and oxygen atoms in total. The number of hydrogen-bond acceptors (Lipinski definition) is 5. The van der Waals surface area contributed by atoms with Crippen molar-refractivity contribution >= 4 is 17.2 Å². The molecule has 0 saturated carbocycles. The van der Waals surface area contributed by atoms with Gasteiger partial charge in [0, 0.05) is 23.6 Å². The van der Waals surface area contributed by atoms with E-state index in [-0.39, 0.29) is 29.7 Å². The molecular formula is C22H22FN3O3S. The largest absolute Gasteiger partial charge is 0.494 e. The molecule has 0 spiro atoms. The molecule has 1 atom stereocenters. The number of methoxy groups -OCH3 is 1. The van der Waals surface area contributed by atoms with E-state index in [0.717, 1.165) is 24.8 Å². The smallest absolute Gasteiger partial charge is 0.251 e. The van der Waals surface area contributed by atoms with Gasteiger partial charge >= 0.3 is 0 Å². The summed E-state index contributed by atoms with van der Waals surface area (Å²) in [5.41, 5.74) is 1.83. The van der Waals surface area contributed by atoms with Crippen LogP contribution in [0.3, 0.4) is 0 Å². The number of nitrogens with one attached hydrogen (secondary N) is 1. The minimum atomic E-state index is -0.493. The normalized spacial score (nSPS) is 16.5. The highest BCUT2D eigenvalue weighted by atomic mass is 32.1. The fourth-order valence-corrected chi connectivity index (χ4v) is 4.45. The van der Waals surface area contributed by atoms with E-state index in [0.29, 0.717) is 23.6 Å². The summed E-state index contributed by atoms with van der Waals surface area (Å²) in [6.07, 6.45) is 2.62. The average molecular weight is 428 g/mol. The van der Waals surface area contributed by atoms with Crippen molar-refractivity contribution in [1.29, 1.82) is 0 Å². The molecule has 30 heavy (non-hydrogen) atoms. The molecule has 1 amide bonds. The predicted molar refractivity (Wildman–Crippen MR) is 113 cm³/mol. The number of hydrogen-bond donors (Lipinski definition) is 1. The van der Waals surface area contributed by atoms with Crippen LogP contribution in [-0.4, -0.2) is 34.4 Å². The van der Waals surface area contributed by atoms with Crippen molar-refractivity contribution in [3.05, 3.63) is 68.7 Å². The van der Waals surface area contributed by atoms with E-state index in [2.05, 4.69) is 9.97 Å². The molecule has 8 heteroatoms. The Morgan fingerprint density at radius 1 is 1.33 bits per heavy atom. The summed E-state index contributed by atoms with van der Waals surface area (Å²) in [6.45, 7) is 0.578. The molecule has 3 aromatic rings. The van der Waals surface area contributed by atoms with Gasteiger partial charge in [-0.05, 0) is 48.4 Å². The second-order valence-corrected chi connectivity index (χ2v) is 8.05. The number of H-pyrrole nitrogens is 1. The van der Waals surface area contributed by atoms with Gasteiger partial charge < -0.3 is 14.6 Å². The highest BCUT2D eigenvalue weighted by Gasteiger charge is 2.30. The second kappa shape index (κ2) is 8.79. The summed E-state index contributed by atoms with van der Waals surface area (Å²) in [4.78, 5) is 34.6. The Bertz CT molecular complexity index is 1100. The lowest BCUT2D eigenvalue weighted by molar-refractivity contribution is -0.134. The number of benzene rings is 1. The van der Waals surface area contributed by atoms with Crippen molar-refractivity contribution in [2.45, 2.75) is 31.7 Å². The van der Waals surface area contributed by atoms with Crippen LogP contribution in [0.5, 0.6) is 5.75 Å². The summed E-state index contributed by atoms with van der Waals surface area (Å²) in [5.74, 6) is 0.0343. The highest BCUT2D eigenvalue weighted by Crippen LogP contribution is 2.30. The quantitative estimate of drug-likeness (QED) is 0.669. The van der Waals surface area contributed by atoms with Gasteiger partial charge in [-0.25, -0.2) is 9.37 Å².